The van der Waals surface area contributed by atoms with Crippen LogP contribution in [0.5, 0.6) is 11.5 Å². The van der Waals surface area contributed by atoms with Crippen molar-refractivity contribution in [2.45, 2.75) is 18.7 Å². The van der Waals surface area contributed by atoms with Crippen LogP contribution in [-0.4, -0.2) is 17.8 Å². The van der Waals surface area contributed by atoms with E-state index in [1.165, 1.54) is 0 Å². The highest BCUT2D eigenvalue weighted by atomic mass is 79.9. The van der Waals surface area contributed by atoms with Crippen LogP contribution in [0.15, 0.2) is 76.3 Å². The largest absolute Gasteiger partial charge is 0.497 e. The lowest BCUT2D eigenvalue weighted by atomic mass is 9.96. The van der Waals surface area contributed by atoms with Gasteiger partial charge >= 0.3 is 0 Å². The van der Waals surface area contributed by atoms with E-state index in [0.29, 0.717) is 5.02 Å². The summed E-state index contributed by atoms with van der Waals surface area (Å²) in [5.74, 6) is 1.64. The summed E-state index contributed by atoms with van der Waals surface area (Å²) in [7, 11) is 1.67. The monoisotopic (exact) mass is 468 g/mol. The molecule has 6 heteroatoms. The lowest BCUT2D eigenvalue weighted by Gasteiger charge is -2.38. The minimum atomic E-state index is -0.336. The minimum absolute atomic E-state index is 0.0623. The lowest BCUT2D eigenvalue weighted by molar-refractivity contribution is -0.0191. The van der Waals surface area contributed by atoms with Gasteiger partial charge in [0.15, 0.2) is 0 Å². The fraction of sp³-hybridized carbons (Fsp3) is 0.174. The number of hydrogen-bond donors (Lipinski definition) is 0. The molecule has 0 aromatic heterocycles. The number of rotatable bonds is 3. The van der Waals surface area contributed by atoms with Crippen molar-refractivity contribution in [2.75, 3.05) is 7.11 Å². The zero-order valence-electron chi connectivity index (χ0n) is 15.7. The molecule has 29 heavy (non-hydrogen) atoms. The maximum absolute atomic E-state index is 6.39. The highest BCUT2D eigenvalue weighted by Crippen LogP contribution is 2.48. The summed E-state index contributed by atoms with van der Waals surface area (Å²) in [4.78, 5) is 0. The van der Waals surface area contributed by atoms with Crippen LogP contribution < -0.4 is 9.47 Å². The molecule has 2 aliphatic heterocycles. The number of ether oxygens (including phenoxy) is 2. The normalized spacial score (nSPS) is 19.8. The Morgan fingerprint density at radius 1 is 1.10 bits per heavy atom. The van der Waals surface area contributed by atoms with Gasteiger partial charge in [0.2, 0.25) is 6.23 Å². The molecule has 146 valence electrons. The average Bonchev–Trinajstić information content (AvgIpc) is 3.19. The minimum Gasteiger partial charge on any atom is -0.497 e. The van der Waals surface area contributed by atoms with Gasteiger partial charge in [-0.15, -0.1) is 0 Å². The Hall–Kier alpha value is -2.50. The molecule has 0 N–H and O–H groups in total. The predicted octanol–water partition coefficient (Wildman–Crippen LogP) is 6.35. The van der Waals surface area contributed by atoms with Crippen LogP contribution in [0.1, 0.15) is 35.4 Å². The number of methoxy groups -OCH3 is 1. The smallest absolute Gasteiger partial charge is 0.214 e. The Labute approximate surface area is 182 Å². The molecule has 0 amide bonds. The molecule has 0 radical (unpaired) electrons. The fourth-order valence-corrected chi connectivity index (χ4v) is 4.33. The number of nitrogens with zero attached hydrogens (tertiary/aromatic N) is 2. The van der Waals surface area contributed by atoms with E-state index in [1.807, 2.05) is 59.6 Å². The summed E-state index contributed by atoms with van der Waals surface area (Å²) in [5.41, 5.74) is 4.20. The standard InChI is InChI=1S/C23H18BrClN2O2/c1-28-18-4-2-3-15(11-18)23-27-21(19-12-17(25)9-10-22(19)29-23)13-20(26-27)14-5-7-16(24)8-6-14/h2-12,21,23H,13H2,1H3/t21-,23-/m0/s1. The molecule has 2 aliphatic rings. The molecule has 0 fully saturated rings. The number of fused-ring (bicyclic) bond motifs is 3. The summed E-state index contributed by atoms with van der Waals surface area (Å²) in [6.07, 6.45) is 0.454. The number of hydrazone groups is 1. The number of hydrogen-bond acceptors (Lipinski definition) is 4. The third-order valence-electron chi connectivity index (χ3n) is 5.31. The molecule has 5 rings (SSSR count). The predicted molar refractivity (Wildman–Crippen MR) is 118 cm³/mol. The van der Waals surface area contributed by atoms with Crippen LogP contribution in [0, 0.1) is 0 Å². The maximum Gasteiger partial charge on any atom is 0.214 e. The van der Waals surface area contributed by atoms with Crippen molar-refractivity contribution in [3.8, 4) is 11.5 Å². The first-order valence-electron chi connectivity index (χ1n) is 9.34. The van der Waals surface area contributed by atoms with Crippen LogP contribution in [0.4, 0.5) is 0 Å². The van der Waals surface area contributed by atoms with Crippen molar-refractivity contribution < 1.29 is 9.47 Å². The van der Waals surface area contributed by atoms with Crippen LogP contribution in [0.3, 0.4) is 0 Å². The van der Waals surface area contributed by atoms with Crippen LogP contribution in [-0.2, 0) is 0 Å². The Kier molecular flexibility index (Phi) is 4.72. The molecule has 0 spiro atoms. The first-order valence-corrected chi connectivity index (χ1v) is 10.5. The van der Waals surface area contributed by atoms with E-state index in [4.69, 9.17) is 26.2 Å². The molecule has 4 nitrogen and oxygen atoms in total. The van der Waals surface area contributed by atoms with E-state index in [1.54, 1.807) is 7.11 Å². The van der Waals surface area contributed by atoms with Gasteiger partial charge in [0.1, 0.15) is 11.5 Å². The van der Waals surface area contributed by atoms with Gasteiger partial charge in [-0.05, 0) is 48.0 Å². The number of halogens is 2. The second kappa shape index (κ2) is 7.39. The third-order valence-corrected chi connectivity index (χ3v) is 6.07. The summed E-state index contributed by atoms with van der Waals surface area (Å²) >= 11 is 9.80. The maximum atomic E-state index is 6.39. The molecule has 0 saturated heterocycles. The third kappa shape index (κ3) is 3.38. The molecule has 0 aliphatic carbocycles. The van der Waals surface area contributed by atoms with Gasteiger partial charge in [0.25, 0.3) is 0 Å². The highest BCUT2D eigenvalue weighted by Gasteiger charge is 2.41. The Morgan fingerprint density at radius 3 is 2.72 bits per heavy atom. The zero-order valence-corrected chi connectivity index (χ0v) is 18.0. The molecule has 0 saturated carbocycles. The van der Waals surface area contributed by atoms with Gasteiger partial charge < -0.3 is 9.47 Å². The Morgan fingerprint density at radius 2 is 1.93 bits per heavy atom. The number of benzene rings is 3. The topological polar surface area (TPSA) is 34.1 Å². The summed E-state index contributed by atoms with van der Waals surface area (Å²) < 4.78 is 12.8. The van der Waals surface area contributed by atoms with Crippen molar-refractivity contribution in [1.29, 1.82) is 0 Å². The summed E-state index contributed by atoms with van der Waals surface area (Å²) in [5, 5.41) is 7.72. The van der Waals surface area contributed by atoms with Crippen LogP contribution in [0.2, 0.25) is 5.02 Å². The molecular weight excluding hydrogens is 452 g/mol. The molecule has 3 aromatic carbocycles. The molecule has 3 aromatic rings. The Bertz CT molecular complexity index is 1100. The van der Waals surface area contributed by atoms with Gasteiger partial charge in [-0.1, -0.05) is 51.8 Å². The van der Waals surface area contributed by atoms with Crippen molar-refractivity contribution in [3.63, 3.8) is 0 Å². The van der Waals surface area contributed by atoms with Gasteiger partial charge in [0.05, 0.1) is 18.9 Å². The quantitative estimate of drug-likeness (QED) is 0.448. The first kappa shape index (κ1) is 18.5. The second-order valence-corrected chi connectivity index (χ2v) is 8.43. The first-order chi connectivity index (χ1) is 14.1. The molecule has 2 heterocycles. The van der Waals surface area contributed by atoms with Gasteiger partial charge in [0, 0.05) is 27.0 Å². The molecule has 2 atom stereocenters. The second-order valence-electron chi connectivity index (χ2n) is 7.08. The average molecular weight is 470 g/mol. The van der Waals surface area contributed by atoms with Crippen molar-refractivity contribution in [1.82, 2.24) is 5.01 Å². The molecule has 0 bridgehead atoms. The van der Waals surface area contributed by atoms with E-state index in [9.17, 15) is 0 Å². The van der Waals surface area contributed by atoms with E-state index in [-0.39, 0.29) is 12.3 Å². The van der Waals surface area contributed by atoms with Gasteiger partial charge in [-0.25, -0.2) is 5.01 Å². The molecule has 0 unspecified atom stereocenters. The summed E-state index contributed by atoms with van der Waals surface area (Å²) in [6, 6.07) is 22.0. The van der Waals surface area contributed by atoms with E-state index in [0.717, 1.165) is 44.8 Å². The lowest BCUT2D eigenvalue weighted by Crippen LogP contribution is -2.33. The SMILES string of the molecule is COc1cccc([C@@H]2Oc3ccc(Cl)cc3[C@@H]3CC(c4ccc(Br)cc4)=NN32)c1. The van der Waals surface area contributed by atoms with Gasteiger partial charge in [-0.2, -0.15) is 5.10 Å². The van der Waals surface area contributed by atoms with E-state index < -0.39 is 0 Å². The fourth-order valence-electron chi connectivity index (χ4n) is 3.89. The van der Waals surface area contributed by atoms with E-state index in [2.05, 4.69) is 28.1 Å². The van der Waals surface area contributed by atoms with Crippen LogP contribution >= 0.6 is 27.5 Å². The van der Waals surface area contributed by atoms with Gasteiger partial charge in [-0.3, -0.25) is 0 Å². The summed E-state index contributed by atoms with van der Waals surface area (Å²) in [6.45, 7) is 0. The molecular formula is C23H18BrClN2O2. The zero-order chi connectivity index (χ0) is 20.0. The van der Waals surface area contributed by atoms with Crippen molar-refractivity contribution in [2.24, 2.45) is 5.10 Å². The highest BCUT2D eigenvalue weighted by molar-refractivity contribution is 9.10. The Balaban J connectivity index is 1.60. The van der Waals surface area contributed by atoms with Crippen molar-refractivity contribution in [3.05, 3.63) is 92.9 Å². The van der Waals surface area contributed by atoms with E-state index >= 15 is 0 Å². The van der Waals surface area contributed by atoms with Crippen molar-refractivity contribution >= 4 is 33.2 Å². The van der Waals surface area contributed by atoms with Crippen LogP contribution in [0.25, 0.3) is 0 Å².